The average molecular weight is 388 g/mol. The number of amides is 1. The van der Waals surface area contributed by atoms with Gasteiger partial charge in [-0.3, -0.25) is 18.8 Å². The molecule has 1 aromatic carbocycles. The van der Waals surface area contributed by atoms with Crippen LogP contribution in [0, 0.1) is 13.8 Å². The van der Waals surface area contributed by atoms with E-state index in [1.165, 1.54) is 4.57 Å². The van der Waals surface area contributed by atoms with Crippen molar-refractivity contribution >= 4 is 28.4 Å². The molecule has 0 aliphatic carbocycles. The zero-order chi connectivity index (χ0) is 19.6. The maximum absolute atomic E-state index is 12.2. The molecule has 7 nitrogen and oxygen atoms in total. The first-order valence-corrected chi connectivity index (χ1v) is 9.15. The molecule has 0 fully saturated rings. The van der Waals surface area contributed by atoms with Crippen molar-refractivity contribution in [1.29, 1.82) is 0 Å². The molecule has 2 heterocycles. The third kappa shape index (κ3) is 4.19. The fourth-order valence-electron chi connectivity index (χ4n) is 2.94. The third-order valence-electron chi connectivity index (χ3n) is 4.64. The highest BCUT2D eigenvalue weighted by molar-refractivity contribution is 6.31. The van der Waals surface area contributed by atoms with Gasteiger partial charge in [0, 0.05) is 36.1 Å². The Kier molecular flexibility index (Phi) is 5.60. The summed E-state index contributed by atoms with van der Waals surface area (Å²) in [4.78, 5) is 28.6. The molecule has 142 valence electrons. The Morgan fingerprint density at radius 3 is 2.85 bits per heavy atom. The van der Waals surface area contributed by atoms with E-state index < -0.39 is 0 Å². The van der Waals surface area contributed by atoms with Gasteiger partial charge in [-0.1, -0.05) is 11.6 Å². The molecule has 3 rings (SSSR count). The second-order valence-corrected chi connectivity index (χ2v) is 6.98. The highest BCUT2D eigenvalue weighted by atomic mass is 35.5. The van der Waals surface area contributed by atoms with Crippen molar-refractivity contribution in [3.63, 3.8) is 0 Å². The number of nitrogens with one attached hydrogen (secondary N) is 1. The Bertz CT molecular complexity index is 1050. The first-order valence-electron chi connectivity index (χ1n) is 8.77. The Morgan fingerprint density at radius 1 is 1.30 bits per heavy atom. The van der Waals surface area contributed by atoms with Gasteiger partial charge in [-0.25, -0.2) is 4.98 Å². The molecule has 3 aromatic rings. The highest BCUT2D eigenvalue weighted by Gasteiger charge is 2.12. The van der Waals surface area contributed by atoms with Crippen molar-refractivity contribution in [1.82, 2.24) is 24.6 Å². The number of benzene rings is 1. The number of aromatic nitrogens is 4. The molecule has 8 heteroatoms. The molecule has 0 saturated carbocycles. The lowest BCUT2D eigenvalue weighted by molar-refractivity contribution is -0.120. The summed E-state index contributed by atoms with van der Waals surface area (Å²) >= 11 is 6.04. The average Bonchev–Trinajstić information content (AvgIpc) is 3.03. The molecule has 0 aliphatic heterocycles. The van der Waals surface area contributed by atoms with Gasteiger partial charge in [-0.15, -0.1) is 0 Å². The minimum atomic E-state index is -0.147. The number of aryl methyl sites for hydroxylation is 2. The molecule has 0 radical (unpaired) electrons. The van der Waals surface area contributed by atoms with Crippen molar-refractivity contribution in [3.8, 4) is 0 Å². The number of fused-ring (bicyclic) bond motifs is 1. The second-order valence-electron chi connectivity index (χ2n) is 6.55. The number of hydrogen-bond donors (Lipinski definition) is 1. The van der Waals surface area contributed by atoms with Crippen molar-refractivity contribution in [2.45, 2.75) is 33.2 Å². The lowest BCUT2D eigenvalue weighted by Gasteiger charge is -2.10. The summed E-state index contributed by atoms with van der Waals surface area (Å²) in [6.07, 6.45) is 2.64. The van der Waals surface area contributed by atoms with Crippen LogP contribution in [0.4, 0.5) is 0 Å². The van der Waals surface area contributed by atoms with Gasteiger partial charge >= 0.3 is 0 Å². The molecule has 0 unspecified atom stereocenters. The van der Waals surface area contributed by atoms with E-state index in [1.54, 1.807) is 27.1 Å². The Labute approximate surface area is 162 Å². The van der Waals surface area contributed by atoms with Gasteiger partial charge in [0.25, 0.3) is 5.56 Å². The van der Waals surface area contributed by atoms with Crippen LogP contribution in [0.1, 0.15) is 23.5 Å². The van der Waals surface area contributed by atoms with Gasteiger partial charge in [0.15, 0.2) is 0 Å². The Hall–Kier alpha value is -2.67. The van der Waals surface area contributed by atoms with Gasteiger partial charge in [0.2, 0.25) is 5.91 Å². The summed E-state index contributed by atoms with van der Waals surface area (Å²) in [7, 11) is 1.67. The first-order chi connectivity index (χ1) is 12.9. The highest BCUT2D eigenvalue weighted by Crippen LogP contribution is 2.19. The van der Waals surface area contributed by atoms with E-state index in [1.807, 2.05) is 22.9 Å². The smallest absolute Gasteiger partial charge is 0.256 e. The molecule has 1 amide bonds. The first kappa shape index (κ1) is 19.1. The van der Waals surface area contributed by atoms with Crippen LogP contribution < -0.4 is 10.9 Å². The monoisotopic (exact) mass is 387 g/mol. The minimum absolute atomic E-state index is 0.100. The predicted octanol–water partition coefficient (Wildman–Crippen LogP) is 2.15. The molecule has 1 N–H and O–H groups in total. The van der Waals surface area contributed by atoms with Crippen molar-refractivity contribution < 1.29 is 4.79 Å². The Morgan fingerprint density at radius 2 is 2.07 bits per heavy atom. The van der Waals surface area contributed by atoms with E-state index in [0.29, 0.717) is 35.2 Å². The molecule has 0 atom stereocenters. The number of carbonyl (C=O) groups excluding carboxylic acids is 1. The largest absolute Gasteiger partial charge is 0.356 e. The van der Waals surface area contributed by atoms with Gasteiger partial charge in [0.1, 0.15) is 5.82 Å². The molecule has 0 bridgehead atoms. The molecule has 0 aliphatic rings. The van der Waals surface area contributed by atoms with E-state index in [9.17, 15) is 9.59 Å². The van der Waals surface area contributed by atoms with Crippen LogP contribution in [0.2, 0.25) is 5.02 Å². The number of carbonyl (C=O) groups is 1. The molecule has 0 spiro atoms. The zero-order valence-electron chi connectivity index (χ0n) is 15.6. The standard InChI is InChI=1S/C19H22ClN5O2/c1-12-16(23-13(2)24(3)19(12)27)10-18(26)21-7-4-8-25-17-9-15(20)6-5-14(17)11-22-25/h5-6,9,11H,4,7-8,10H2,1-3H3,(H,21,26). The lowest BCUT2D eigenvalue weighted by atomic mass is 10.2. The summed E-state index contributed by atoms with van der Waals surface area (Å²) in [6, 6.07) is 5.66. The van der Waals surface area contributed by atoms with Gasteiger partial charge in [-0.05, 0) is 38.5 Å². The normalized spacial score (nSPS) is 11.1. The summed E-state index contributed by atoms with van der Waals surface area (Å²) < 4.78 is 3.36. The van der Waals surface area contributed by atoms with Crippen LogP contribution >= 0.6 is 11.6 Å². The molecule has 27 heavy (non-hydrogen) atoms. The van der Waals surface area contributed by atoms with Gasteiger partial charge < -0.3 is 5.32 Å². The third-order valence-corrected chi connectivity index (χ3v) is 4.88. The van der Waals surface area contributed by atoms with E-state index in [0.717, 1.165) is 17.3 Å². The summed E-state index contributed by atoms with van der Waals surface area (Å²) in [5, 5.41) is 8.94. The van der Waals surface area contributed by atoms with E-state index in [2.05, 4.69) is 15.4 Å². The quantitative estimate of drug-likeness (QED) is 0.657. The SMILES string of the molecule is Cc1c(CC(=O)NCCCn2ncc3ccc(Cl)cc32)nc(C)n(C)c1=O. The van der Waals surface area contributed by atoms with Crippen molar-refractivity contribution in [2.75, 3.05) is 6.54 Å². The predicted molar refractivity (Wildman–Crippen MR) is 105 cm³/mol. The van der Waals surface area contributed by atoms with E-state index >= 15 is 0 Å². The molecular formula is C19H22ClN5O2. The summed E-state index contributed by atoms with van der Waals surface area (Å²) in [5.41, 5.74) is 1.90. The number of rotatable bonds is 6. The summed E-state index contributed by atoms with van der Waals surface area (Å²) in [5.74, 6) is 0.448. The van der Waals surface area contributed by atoms with Crippen molar-refractivity contribution in [2.24, 2.45) is 7.05 Å². The van der Waals surface area contributed by atoms with Crippen LogP contribution in [-0.2, 0) is 24.8 Å². The zero-order valence-corrected chi connectivity index (χ0v) is 16.4. The van der Waals surface area contributed by atoms with Crippen LogP contribution in [0.5, 0.6) is 0 Å². The molecule has 0 saturated heterocycles. The van der Waals surface area contributed by atoms with Crippen LogP contribution in [-0.4, -0.2) is 31.8 Å². The lowest BCUT2D eigenvalue weighted by Crippen LogP contribution is -2.30. The molecule has 2 aromatic heterocycles. The van der Waals surface area contributed by atoms with E-state index in [-0.39, 0.29) is 17.9 Å². The number of halogens is 1. The summed E-state index contributed by atoms with van der Waals surface area (Å²) in [6.45, 7) is 4.64. The topological polar surface area (TPSA) is 81.8 Å². The van der Waals surface area contributed by atoms with Gasteiger partial charge in [0.05, 0.1) is 23.8 Å². The number of nitrogens with zero attached hydrogens (tertiary/aromatic N) is 4. The maximum atomic E-state index is 12.2. The van der Waals surface area contributed by atoms with Crippen molar-refractivity contribution in [3.05, 3.63) is 56.9 Å². The Balaban J connectivity index is 1.54. The van der Waals surface area contributed by atoms with Crippen LogP contribution in [0.3, 0.4) is 0 Å². The van der Waals surface area contributed by atoms with E-state index in [4.69, 9.17) is 11.6 Å². The fraction of sp³-hybridized carbons (Fsp3) is 0.368. The van der Waals surface area contributed by atoms with Gasteiger partial charge in [-0.2, -0.15) is 5.10 Å². The molecular weight excluding hydrogens is 366 g/mol. The fourth-order valence-corrected chi connectivity index (χ4v) is 3.11. The van der Waals surface area contributed by atoms with Crippen LogP contribution in [0.25, 0.3) is 10.9 Å². The second kappa shape index (κ2) is 7.92. The maximum Gasteiger partial charge on any atom is 0.256 e. The number of hydrogen-bond acceptors (Lipinski definition) is 4. The minimum Gasteiger partial charge on any atom is -0.356 e. The van der Waals surface area contributed by atoms with Crippen LogP contribution in [0.15, 0.2) is 29.2 Å².